The molecule has 0 saturated heterocycles. The number of furan rings is 1. The minimum atomic E-state index is -0.0478. The third kappa shape index (κ3) is 1.92. The third-order valence-corrected chi connectivity index (χ3v) is 4.02. The van der Waals surface area contributed by atoms with Crippen LogP contribution < -0.4 is 5.73 Å². The summed E-state index contributed by atoms with van der Waals surface area (Å²) in [6, 6.07) is 11.3. The molecule has 2 N–H and O–H groups in total. The van der Waals surface area contributed by atoms with E-state index in [1.807, 2.05) is 30.3 Å². The maximum absolute atomic E-state index is 12.8. The number of nitrogens with zero attached hydrogens (tertiary/aromatic N) is 1. The molecule has 4 heteroatoms. The van der Waals surface area contributed by atoms with Crippen LogP contribution in [0.2, 0.25) is 0 Å². The van der Waals surface area contributed by atoms with E-state index in [1.54, 1.807) is 18.4 Å². The highest BCUT2D eigenvalue weighted by molar-refractivity contribution is 6.18. The highest BCUT2D eigenvalue weighted by atomic mass is 16.3. The lowest BCUT2D eigenvalue weighted by atomic mass is 9.87. The van der Waals surface area contributed by atoms with E-state index >= 15 is 0 Å². The van der Waals surface area contributed by atoms with Crippen LogP contribution >= 0.6 is 0 Å². The molecule has 108 valence electrons. The second kappa shape index (κ2) is 4.84. The van der Waals surface area contributed by atoms with Crippen molar-refractivity contribution in [3.05, 3.63) is 65.3 Å². The summed E-state index contributed by atoms with van der Waals surface area (Å²) in [6.07, 6.45) is 4.75. The summed E-state index contributed by atoms with van der Waals surface area (Å²) in [5.41, 5.74) is 9.66. The van der Waals surface area contributed by atoms with E-state index in [9.17, 15) is 4.79 Å². The number of pyridine rings is 1. The molecule has 1 aliphatic carbocycles. The van der Waals surface area contributed by atoms with E-state index in [0.717, 1.165) is 16.6 Å². The number of nitrogen functional groups attached to an aromatic ring is 1. The Morgan fingerprint density at radius 2 is 2.00 bits per heavy atom. The van der Waals surface area contributed by atoms with Crippen LogP contribution in [0.25, 0.3) is 17.0 Å². The number of aromatic nitrogens is 1. The van der Waals surface area contributed by atoms with Gasteiger partial charge in [0, 0.05) is 11.0 Å². The van der Waals surface area contributed by atoms with Crippen LogP contribution in [0.5, 0.6) is 0 Å². The zero-order chi connectivity index (χ0) is 15.1. The Balaban J connectivity index is 1.88. The minimum absolute atomic E-state index is 0.0478. The molecule has 1 aromatic carbocycles. The molecule has 1 aliphatic rings. The Hall–Kier alpha value is -2.88. The van der Waals surface area contributed by atoms with E-state index in [1.165, 1.54) is 0 Å². The molecule has 2 heterocycles. The molecule has 0 aliphatic heterocycles. The predicted molar refractivity (Wildman–Crippen MR) is 85.5 cm³/mol. The van der Waals surface area contributed by atoms with Gasteiger partial charge in [-0.15, -0.1) is 0 Å². The molecule has 22 heavy (non-hydrogen) atoms. The lowest BCUT2D eigenvalue weighted by Crippen LogP contribution is -2.18. The lowest BCUT2D eigenvalue weighted by molar-refractivity contribution is 0.102. The van der Waals surface area contributed by atoms with Crippen LogP contribution in [0.1, 0.15) is 28.2 Å². The average Bonchev–Trinajstić information content (AvgIpc) is 3.03. The fourth-order valence-electron chi connectivity index (χ4n) is 2.93. The number of carbonyl (C=O) groups is 1. The quantitative estimate of drug-likeness (QED) is 0.695. The number of benzene rings is 1. The summed E-state index contributed by atoms with van der Waals surface area (Å²) < 4.78 is 5.30. The van der Waals surface area contributed by atoms with Gasteiger partial charge in [0.05, 0.1) is 28.7 Å². The number of ketones is 1. The van der Waals surface area contributed by atoms with Gasteiger partial charge < -0.3 is 10.2 Å². The zero-order valence-corrected chi connectivity index (χ0v) is 11.9. The van der Waals surface area contributed by atoms with E-state index < -0.39 is 0 Å². The zero-order valence-electron chi connectivity index (χ0n) is 11.9. The van der Waals surface area contributed by atoms with Crippen molar-refractivity contribution in [3.63, 3.8) is 0 Å². The van der Waals surface area contributed by atoms with Gasteiger partial charge in [-0.05, 0) is 37.1 Å². The summed E-state index contributed by atoms with van der Waals surface area (Å²) >= 11 is 0. The number of anilines is 1. The SMILES string of the molecule is Nc1c2c(nc3ccccc13)CC/C(=C\c1ccco1)C2=O. The minimum Gasteiger partial charge on any atom is -0.465 e. The van der Waals surface area contributed by atoms with E-state index in [0.29, 0.717) is 35.4 Å². The van der Waals surface area contributed by atoms with Gasteiger partial charge in [0.15, 0.2) is 5.78 Å². The van der Waals surface area contributed by atoms with Gasteiger partial charge in [0.1, 0.15) is 5.76 Å². The first kappa shape index (κ1) is 12.8. The number of nitrogens with two attached hydrogens (primary N) is 1. The molecule has 0 amide bonds. The first-order chi connectivity index (χ1) is 10.7. The predicted octanol–water partition coefficient (Wildman–Crippen LogP) is 3.62. The summed E-state index contributed by atoms with van der Waals surface area (Å²) in [5, 5.41) is 0.828. The number of Topliss-reactive ketones (excluding diaryl/α,β-unsaturated/α-hetero) is 1. The topological polar surface area (TPSA) is 69.1 Å². The first-order valence-corrected chi connectivity index (χ1v) is 7.20. The Bertz CT molecular complexity index is 908. The normalized spacial score (nSPS) is 16.2. The second-order valence-corrected chi connectivity index (χ2v) is 5.38. The van der Waals surface area contributed by atoms with Crippen LogP contribution in [-0.2, 0) is 6.42 Å². The largest absolute Gasteiger partial charge is 0.465 e. The van der Waals surface area contributed by atoms with Crippen LogP contribution in [-0.4, -0.2) is 10.8 Å². The molecule has 2 aromatic heterocycles. The summed E-state index contributed by atoms with van der Waals surface area (Å²) in [7, 11) is 0. The molecule has 0 unspecified atom stereocenters. The summed E-state index contributed by atoms with van der Waals surface area (Å²) in [5.74, 6) is 0.632. The molecule has 0 spiro atoms. The number of hydrogen-bond donors (Lipinski definition) is 1. The Morgan fingerprint density at radius 1 is 1.14 bits per heavy atom. The van der Waals surface area contributed by atoms with Gasteiger partial charge in [0.25, 0.3) is 0 Å². The number of hydrogen-bond acceptors (Lipinski definition) is 4. The number of rotatable bonds is 1. The van der Waals surface area contributed by atoms with Crippen LogP contribution in [0, 0.1) is 0 Å². The molecule has 0 bridgehead atoms. The summed E-state index contributed by atoms with van der Waals surface area (Å²) in [6.45, 7) is 0. The maximum Gasteiger partial charge on any atom is 0.193 e. The molecule has 0 atom stereocenters. The maximum atomic E-state index is 12.8. The molecule has 0 radical (unpaired) electrons. The van der Waals surface area contributed by atoms with Crippen molar-refractivity contribution in [2.45, 2.75) is 12.8 Å². The van der Waals surface area contributed by atoms with E-state index in [4.69, 9.17) is 10.2 Å². The van der Waals surface area contributed by atoms with Crippen molar-refractivity contribution in [2.75, 3.05) is 5.73 Å². The third-order valence-electron chi connectivity index (χ3n) is 4.02. The molecule has 0 fully saturated rings. The molecule has 3 aromatic rings. The Morgan fingerprint density at radius 3 is 2.82 bits per heavy atom. The Labute approximate surface area is 127 Å². The fourth-order valence-corrected chi connectivity index (χ4v) is 2.93. The number of para-hydroxylation sites is 1. The first-order valence-electron chi connectivity index (χ1n) is 7.20. The number of allylic oxidation sites excluding steroid dienone is 1. The summed E-state index contributed by atoms with van der Waals surface area (Å²) in [4.78, 5) is 17.4. The number of fused-ring (bicyclic) bond motifs is 2. The van der Waals surface area contributed by atoms with Gasteiger partial charge >= 0.3 is 0 Å². The highest BCUT2D eigenvalue weighted by Gasteiger charge is 2.27. The van der Waals surface area contributed by atoms with Crippen molar-refractivity contribution in [3.8, 4) is 0 Å². The molecular formula is C18H14N2O2. The second-order valence-electron chi connectivity index (χ2n) is 5.38. The average molecular weight is 290 g/mol. The lowest BCUT2D eigenvalue weighted by Gasteiger charge is -2.19. The molecule has 0 saturated carbocycles. The monoisotopic (exact) mass is 290 g/mol. The van der Waals surface area contributed by atoms with Crippen molar-refractivity contribution in [2.24, 2.45) is 0 Å². The smallest absolute Gasteiger partial charge is 0.193 e. The van der Waals surface area contributed by atoms with Gasteiger partial charge in [-0.25, -0.2) is 0 Å². The molecule has 4 nitrogen and oxygen atoms in total. The van der Waals surface area contributed by atoms with Crippen molar-refractivity contribution in [1.29, 1.82) is 0 Å². The highest BCUT2D eigenvalue weighted by Crippen LogP contribution is 2.33. The van der Waals surface area contributed by atoms with Crippen molar-refractivity contribution < 1.29 is 9.21 Å². The molecular weight excluding hydrogens is 276 g/mol. The van der Waals surface area contributed by atoms with Crippen molar-refractivity contribution >= 4 is 28.4 Å². The van der Waals surface area contributed by atoms with E-state index in [2.05, 4.69) is 4.98 Å². The van der Waals surface area contributed by atoms with Crippen molar-refractivity contribution in [1.82, 2.24) is 4.98 Å². The number of aryl methyl sites for hydroxylation is 1. The van der Waals surface area contributed by atoms with Gasteiger partial charge in [0.2, 0.25) is 0 Å². The van der Waals surface area contributed by atoms with Crippen LogP contribution in [0.15, 0.2) is 52.7 Å². The van der Waals surface area contributed by atoms with Gasteiger partial charge in [-0.3, -0.25) is 9.78 Å². The van der Waals surface area contributed by atoms with Crippen LogP contribution in [0.3, 0.4) is 0 Å². The van der Waals surface area contributed by atoms with Crippen LogP contribution in [0.4, 0.5) is 5.69 Å². The number of carbonyl (C=O) groups excluding carboxylic acids is 1. The Kier molecular flexibility index (Phi) is 2.82. The molecule has 4 rings (SSSR count). The fraction of sp³-hybridized carbons (Fsp3) is 0.111. The van der Waals surface area contributed by atoms with Gasteiger partial charge in [-0.2, -0.15) is 0 Å². The standard InChI is InChI=1S/C18H14N2O2/c19-17-13-5-1-2-6-14(13)20-15-8-7-11(18(21)16(15)17)10-12-4-3-9-22-12/h1-6,9-10H,7-8H2,(H2,19,20)/b11-10+. The van der Waals surface area contributed by atoms with E-state index in [-0.39, 0.29) is 5.78 Å². The van der Waals surface area contributed by atoms with Gasteiger partial charge in [-0.1, -0.05) is 18.2 Å².